The fourth-order valence-electron chi connectivity index (χ4n) is 4.12. The molecule has 0 radical (unpaired) electrons. The summed E-state index contributed by atoms with van der Waals surface area (Å²) in [6, 6.07) is 6.00. The summed E-state index contributed by atoms with van der Waals surface area (Å²) in [5.74, 6) is -2.58. The average molecular weight is 527 g/mol. The van der Waals surface area contributed by atoms with E-state index in [1.807, 2.05) is 0 Å². The standard InChI is InChI=1S/C22H24F6NO5P/c23-21(24,25)15-4-6-16(7-5-15)34-18-9-3-13-12-14(2-8-17(13)19(18)22(26,27)28)20(30)29-10-1-11-35(31,32)33/h2-3,8-9,12,15-16H,1,4-7,10-11H2,(H,29,30)(H2,31,32,33). The molecular weight excluding hydrogens is 503 g/mol. The quantitative estimate of drug-likeness (QED) is 0.246. The molecule has 1 aliphatic carbocycles. The van der Waals surface area contributed by atoms with Crippen LogP contribution in [0.2, 0.25) is 0 Å². The first-order valence-corrected chi connectivity index (χ1v) is 12.6. The van der Waals surface area contributed by atoms with Gasteiger partial charge in [-0.25, -0.2) is 0 Å². The molecule has 0 heterocycles. The number of hydrogen-bond acceptors (Lipinski definition) is 3. The van der Waals surface area contributed by atoms with Crippen LogP contribution in [0.5, 0.6) is 5.75 Å². The van der Waals surface area contributed by atoms with Crippen LogP contribution in [0.4, 0.5) is 26.3 Å². The Morgan fingerprint density at radius 3 is 2.26 bits per heavy atom. The van der Waals surface area contributed by atoms with E-state index in [0.29, 0.717) is 0 Å². The van der Waals surface area contributed by atoms with Crippen LogP contribution in [0, 0.1) is 5.92 Å². The van der Waals surface area contributed by atoms with Crippen molar-refractivity contribution in [2.24, 2.45) is 5.92 Å². The van der Waals surface area contributed by atoms with Crippen molar-refractivity contribution in [3.05, 3.63) is 41.5 Å². The lowest BCUT2D eigenvalue weighted by Crippen LogP contribution is -2.32. The van der Waals surface area contributed by atoms with Crippen LogP contribution in [0.3, 0.4) is 0 Å². The minimum absolute atomic E-state index is 0.0133. The number of fused-ring (bicyclic) bond motifs is 1. The Labute approximate surface area is 196 Å². The molecule has 0 unspecified atom stereocenters. The van der Waals surface area contributed by atoms with Gasteiger partial charge in [-0.15, -0.1) is 0 Å². The zero-order valence-electron chi connectivity index (χ0n) is 18.3. The first-order valence-electron chi connectivity index (χ1n) is 10.9. The largest absolute Gasteiger partial charge is 0.490 e. The van der Waals surface area contributed by atoms with Crippen molar-refractivity contribution in [2.45, 2.75) is 50.6 Å². The predicted molar refractivity (Wildman–Crippen MR) is 115 cm³/mol. The molecular formula is C22H24F6NO5P. The van der Waals surface area contributed by atoms with E-state index in [1.54, 1.807) is 0 Å². The van der Waals surface area contributed by atoms with Gasteiger partial charge in [0, 0.05) is 12.1 Å². The number of halogens is 6. The Morgan fingerprint density at radius 2 is 1.69 bits per heavy atom. The third-order valence-corrected chi connectivity index (χ3v) is 6.77. The van der Waals surface area contributed by atoms with Gasteiger partial charge in [-0.1, -0.05) is 12.1 Å². The lowest BCUT2D eigenvalue weighted by atomic mass is 9.87. The summed E-state index contributed by atoms with van der Waals surface area (Å²) >= 11 is 0. The van der Waals surface area contributed by atoms with Crippen LogP contribution in [0.15, 0.2) is 30.3 Å². The summed E-state index contributed by atoms with van der Waals surface area (Å²) in [5, 5.41) is 2.33. The normalized spacial score (nSPS) is 19.5. The highest BCUT2D eigenvalue weighted by atomic mass is 31.2. The summed E-state index contributed by atoms with van der Waals surface area (Å²) in [4.78, 5) is 30.0. The number of hydrogen-bond donors (Lipinski definition) is 3. The Hall–Kier alpha value is -2.30. The highest BCUT2D eigenvalue weighted by molar-refractivity contribution is 7.51. The number of alkyl halides is 6. The van der Waals surface area contributed by atoms with Crippen LogP contribution < -0.4 is 10.1 Å². The molecule has 1 amide bonds. The van der Waals surface area contributed by atoms with E-state index in [0.717, 1.165) is 12.1 Å². The van der Waals surface area contributed by atoms with Gasteiger partial charge in [0.2, 0.25) is 0 Å². The summed E-state index contributed by atoms with van der Waals surface area (Å²) in [5.41, 5.74) is -1.01. The molecule has 6 nitrogen and oxygen atoms in total. The van der Waals surface area contributed by atoms with Crippen molar-refractivity contribution < 1.29 is 50.2 Å². The maximum atomic E-state index is 13.9. The van der Waals surface area contributed by atoms with Gasteiger partial charge in [0.25, 0.3) is 5.91 Å². The molecule has 0 aliphatic heterocycles. The number of ether oxygens (including phenoxy) is 1. The topological polar surface area (TPSA) is 95.9 Å². The molecule has 13 heteroatoms. The summed E-state index contributed by atoms with van der Waals surface area (Å²) in [6.45, 7) is -0.0286. The second-order valence-electron chi connectivity index (χ2n) is 8.50. The fourth-order valence-corrected chi connectivity index (χ4v) is 4.69. The first kappa shape index (κ1) is 27.3. The highest BCUT2D eigenvalue weighted by Crippen LogP contribution is 2.44. The Bertz CT molecular complexity index is 1110. The Kier molecular flexibility index (Phi) is 8.08. The number of carbonyl (C=O) groups is 1. The minimum Gasteiger partial charge on any atom is -0.490 e. The smallest absolute Gasteiger partial charge is 0.420 e. The van der Waals surface area contributed by atoms with E-state index in [2.05, 4.69) is 5.32 Å². The predicted octanol–water partition coefficient (Wildman–Crippen LogP) is 5.66. The second-order valence-corrected chi connectivity index (χ2v) is 10.3. The van der Waals surface area contributed by atoms with E-state index >= 15 is 0 Å². The van der Waals surface area contributed by atoms with E-state index in [9.17, 15) is 35.7 Å². The van der Waals surface area contributed by atoms with Gasteiger partial charge in [-0.3, -0.25) is 9.36 Å². The Balaban J connectivity index is 1.78. The van der Waals surface area contributed by atoms with Crippen LogP contribution in [0.1, 0.15) is 48.0 Å². The van der Waals surface area contributed by atoms with E-state index in [1.165, 1.54) is 18.2 Å². The summed E-state index contributed by atoms with van der Waals surface area (Å²) in [6.07, 6.45) is -10.8. The van der Waals surface area contributed by atoms with Crippen molar-refractivity contribution >= 4 is 24.3 Å². The maximum Gasteiger partial charge on any atom is 0.420 e. The molecule has 2 aromatic rings. The molecule has 194 valence electrons. The molecule has 35 heavy (non-hydrogen) atoms. The second kappa shape index (κ2) is 10.4. The molecule has 1 saturated carbocycles. The molecule has 0 atom stereocenters. The van der Waals surface area contributed by atoms with Gasteiger partial charge in [0.15, 0.2) is 0 Å². The third kappa shape index (κ3) is 7.35. The third-order valence-electron chi connectivity index (χ3n) is 5.87. The van der Waals surface area contributed by atoms with E-state index < -0.39 is 55.4 Å². The SMILES string of the molecule is O=C(NCCCP(=O)(O)O)c1ccc2c(C(F)(F)F)c(OC3CCC(C(F)(F)F)CC3)ccc2c1. The summed E-state index contributed by atoms with van der Waals surface area (Å²) in [7, 11) is -4.20. The highest BCUT2D eigenvalue weighted by Gasteiger charge is 2.42. The van der Waals surface area contributed by atoms with Gasteiger partial charge in [-0.05, 0) is 61.1 Å². The van der Waals surface area contributed by atoms with Crippen molar-refractivity contribution in [3.8, 4) is 5.75 Å². The fraction of sp³-hybridized carbons (Fsp3) is 0.500. The van der Waals surface area contributed by atoms with Gasteiger partial charge in [0.1, 0.15) is 11.3 Å². The molecule has 3 N–H and O–H groups in total. The zero-order valence-corrected chi connectivity index (χ0v) is 19.2. The van der Waals surface area contributed by atoms with Gasteiger partial charge in [-0.2, -0.15) is 26.3 Å². The van der Waals surface area contributed by atoms with Crippen LogP contribution in [-0.4, -0.2) is 40.7 Å². The van der Waals surface area contributed by atoms with Gasteiger partial charge < -0.3 is 19.8 Å². The number of nitrogens with one attached hydrogen (secondary N) is 1. The van der Waals surface area contributed by atoms with Crippen LogP contribution >= 0.6 is 7.60 Å². The average Bonchev–Trinajstić information content (AvgIpc) is 2.74. The lowest BCUT2D eigenvalue weighted by molar-refractivity contribution is -0.185. The van der Waals surface area contributed by atoms with E-state index in [-0.39, 0.29) is 55.0 Å². The molecule has 0 aromatic heterocycles. The summed E-state index contributed by atoms with van der Waals surface area (Å²) < 4.78 is 96.8. The maximum absolute atomic E-state index is 13.9. The van der Waals surface area contributed by atoms with Crippen molar-refractivity contribution in [1.29, 1.82) is 0 Å². The number of amides is 1. The molecule has 1 fully saturated rings. The van der Waals surface area contributed by atoms with Gasteiger partial charge >= 0.3 is 19.9 Å². The van der Waals surface area contributed by atoms with Crippen LogP contribution in [-0.2, 0) is 10.7 Å². The molecule has 0 spiro atoms. The molecule has 0 saturated heterocycles. The molecule has 1 aliphatic rings. The zero-order chi connectivity index (χ0) is 26.0. The molecule has 3 rings (SSSR count). The minimum atomic E-state index is -4.82. The van der Waals surface area contributed by atoms with E-state index in [4.69, 9.17) is 14.5 Å². The lowest BCUT2D eigenvalue weighted by Gasteiger charge is -2.31. The molecule has 0 bridgehead atoms. The first-order chi connectivity index (χ1) is 16.1. The van der Waals surface area contributed by atoms with Crippen molar-refractivity contribution in [1.82, 2.24) is 5.32 Å². The number of benzene rings is 2. The monoisotopic (exact) mass is 527 g/mol. The van der Waals surface area contributed by atoms with Crippen molar-refractivity contribution in [2.75, 3.05) is 12.7 Å². The number of rotatable bonds is 7. The molecule has 2 aromatic carbocycles. The van der Waals surface area contributed by atoms with Crippen LogP contribution in [0.25, 0.3) is 10.8 Å². The number of carbonyl (C=O) groups excluding carboxylic acids is 1. The van der Waals surface area contributed by atoms with Crippen molar-refractivity contribution in [3.63, 3.8) is 0 Å². The Morgan fingerprint density at radius 1 is 1.03 bits per heavy atom. The van der Waals surface area contributed by atoms with Gasteiger partial charge in [0.05, 0.1) is 18.2 Å².